The van der Waals surface area contributed by atoms with Crippen LogP contribution < -0.4 is 5.32 Å². The summed E-state index contributed by atoms with van der Waals surface area (Å²) in [6, 6.07) is 5.91. The van der Waals surface area contributed by atoms with Crippen molar-refractivity contribution in [2.24, 2.45) is 0 Å². The smallest absolute Gasteiger partial charge is 0.328 e. The lowest BCUT2D eigenvalue weighted by molar-refractivity contribution is -0.143. The van der Waals surface area contributed by atoms with Crippen molar-refractivity contribution in [3.63, 3.8) is 0 Å². The van der Waals surface area contributed by atoms with Gasteiger partial charge in [0.2, 0.25) is 0 Å². The monoisotopic (exact) mass is 337 g/mol. The Kier molecular flexibility index (Phi) is 9.07. The van der Waals surface area contributed by atoms with Crippen molar-refractivity contribution < 1.29 is 14.3 Å². The molecule has 5 heteroatoms. The van der Waals surface area contributed by atoms with Gasteiger partial charge in [0, 0.05) is 10.6 Å². The Balaban J connectivity index is 2.50. The largest absolute Gasteiger partial charge is 0.467 e. The molecule has 0 heterocycles. The second kappa shape index (κ2) is 10.8. The molecule has 0 spiro atoms. The summed E-state index contributed by atoms with van der Waals surface area (Å²) in [6.07, 6.45) is 7.54. The second-order valence-electron chi connectivity index (χ2n) is 5.34. The van der Waals surface area contributed by atoms with Crippen LogP contribution in [0.5, 0.6) is 0 Å². The van der Waals surface area contributed by atoms with Crippen LogP contribution in [0, 0.1) is 0 Å². The molecule has 0 aliphatic rings. The first-order valence-electron chi connectivity index (χ1n) is 7.83. The number of rotatable bonds is 10. The maximum Gasteiger partial charge on any atom is 0.328 e. The van der Waals surface area contributed by atoms with Crippen LogP contribution in [0.1, 0.15) is 48.9 Å². The molecule has 1 aromatic rings. The molecule has 23 heavy (non-hydrogen) atoms. The summed E-state index contributed by atoms with van der Waals surface area (Å²) in [5, 5.41) is 3.29. The number of unbranched alkanes of at least 4 members (excludes halogenated alkanes) is 4. The molecule has 0 radical (unpaired) electrons. The Morgan fingerprint density at radius 3 is 2.48 bits per heavy atom. The molecular formula is C18H24ClNO3. The zero-order valence-electron chi connectivity index (χ0n) is 13.5. The van der Waals surface area contributed by atoms with E-state index in [9.17, 15) is 9.59 Å². The Morgan fingerprint density at radius 1 is 1.22 bits per heavy atom. The van der Waals surface area contributed by atoms with Crippen molar-refractivity contribution in [2.75, 3.05) is 7.11 Å². The van der Waals surface area contributed by atoms with Crippen LogP contribution in [-0.4, -0.2) is 25.0 Å². The lowest BCUT2D eigenvalue weighted by Gasteiger charge is -2.16. The van der Waals surface area contributed by atoms with Gasteiger partial charge in [-0.2, -0.15) is 0 Å². The molecule has 0 aromatic heterocycles. The first-order chi connectivity index (χ1) is 11.1. The number of allylic oxidation sites excluding steroid dienone is 1. The molecule has 0 fully saturated rings. The minimum absolute atomic E-state index is 0.302. The van der Waals surface area contributed by atoms with Gasteiger partial charge in [0.05, 0.1) is 7.11 Å². The van der Waals surface area contributed by atoms with Crippen molar-refractivity contribution in [1.82, 2.24) is 5.32 Å². The fraction of sp³-hybridized carbons (Fsp3) is 0.444. The van der Waals surface area contributed by atoms with E-state index in [1.807, 2.05) is 6.08 Å². The van der Waals surface area contributed by atoms with Crippen molar-refractivity contribution >= 4 is 23.5 Å². The lowest BCUT2D eigenvalue weighted by atomic mass is 10.1. The summed E-state index contributed by atoms with van der Waals surface area (Å²) in [5.41, 5.74) is 0.467. The fourth-order valence-corrected chi connectivity index (χ4v) is 2.35. The third-order valence-corrected chi connectivity index (χ3v) is 3.80. The Morgan fingerprint density at radius 2 is 1.87 bits per heavy atom. The number of halogens is 1. The van der Waals surface area contributed by atoms with E-state index >= 15 is 0 Å². The van der Waals surface area contributed by atoms with Crippen molar-refractivity contribution in [3.05, 3.63) is 47.5 Å². The number of ether oxygens (including phenoxy) is 1. The second-order valence-corrected chi connectivity index (χ2v) is 5.77. The molecule has 0 saturated heterocycles. The summed E-state index contributed by atoms with van der Waals surface area (Å²) in [7, 11) is 1.33. The van der Waals surface area contributed by atoms with Gasteiger partial charge >= 0.3 is 5.97 Å². The van der Waals surface area contributed by atoms with Crippen LogP contribution in [0.3, 0.4) is 0 Å². The molecule has 1 amide bonds. The number of methoxy groups -OCH3 is 1. The topological polar surface area (TPSA) is 55.4 Å². The first-order valence-corrected chi connectivity index (χ1v) is 8.21. The lowest BCUT2D eigenvalue weighted by Crippen LogP contribution is -2.41. The first kappa shape index (κ1) is 19.2. The predicted molar refractivity (Wildman–Crippen MR) is 92.6 cm³/mol. The standard InChI is InChI=1S/C18H24ClNO3/c1-3-4-5-6-7-8-9-16(18(22)23-2)20-17(21)14-10-12-15(19)13-11-14/h3,10-13,16H,1,4-9H2,2H3,(H,20,21)/t16-/m1/s1. The Labute approximate surface area is 142 Å². The maximum atomic E-state index is 12.2. The number of esters is 1. The van der Waals surface area contributed by atoms with E-state index in [1.165, 1.54) is 7.11 Å². The van der Waals surface area contributed by atoms with Gasteiger partial charge in [-0.3, -0.25) is 4.79 Å². The normalized spacial score (nSPS) is 11.6. The zero-order valence-corrected chi connectivity index (χ0v) is 14.3. The molecule has 126 valence electrons. The van der Waals surface area contributed by atoms with Gasteiger partial charge in [-0.15, -0.1) is 6.58 Å². The van der Waals surface area contributed by atoms with Gasteiger partial charge in [0.15, 0.2) is 0 Å². The van der Waals surface area contributed by atoms with Crippen molar-refractivity contribution in [2.45, 2.75) is 44.6 Å². The summed E-state index contributed by atoms with van der Waals surface area (Å²) in [5.74, 6) is -0.720. The van der Waals surface area contributed by atoms with Crippen LogP contribution in [0.2, 0.25) is 5.02 Å². The summed E-state index contributed by atoms with van der Waals surface area (Å²) >= 11 is 5.80. The number of hydrogen-bond acceptors (Lipinski definition) is 3. The Bertz CT molecular complexity index is 514. The predicted octanol–water partition coefficient (Wildman–Crippen LogP) is 4.14. The highest BCUT2D eigenvalue weighted by atomic mass is 35.5. The van der Waals surface area contributed by atoms with Gasteiger partial charge in [-0.05, 0) is 43.5 Å². The summed E-state index contributed by atoms with van der Waals surface area (Å²) in [4.78, 5) is 24.0. The van der Waals surface area contributed by atoms with Gasteiger partial charge < -0.3 is 10.1 Å². The molecule has 0 aliphatic carbocycles. The molecule has 1 aromatic carbocycles. The molecule has 0 aliphatic heterocycles. The number of amides is 1. The molecule has 0 unspecified atom stereocenters. The van der Waals surface area contributed by atoms with E-state index in [-0.39, 0.29) is 5.91 Å². The summed E-state index contributed by atoms with van der Waals surface area (Å²) < 4.78 is 4.78. The number of nitrogens with one attached hydrogen (secondary N) is 1. The van der Waals surface area contributed by atoms with E-state index in [0.717, 1.165) is 32.1 Å². The molecule has 1 atom stereocenters. The highest BCUT2D eigenvalue weighted by molar-refractivity contribution is 6.30. The van der Waals surface area contributed by atoms with E-state index in [1.54, 1.807) is 24.3 Å². The van der Waals surface area contributed by atoms with Gasteiger partial charge in [-0.1, -0.05) is 36.9 Å². The minimum atomic E-state index is -0.623. The molecule has 1 rings (SSSR count). The molecule has 1 N–H and O–H groups in total. The highest BCUT2D eigenvalue weighted by Crippen LogP contribution is 2.12. The van der Waals surface area contributed by atoms with Crippen LogP contribution in [0.15, 0.2) is 36.9 Å². The average molecular weight is 338 g/mol. The number of carbonyl (C=O) groups excluding carboxylic acids is 2. The maximum absolute atomic E-state index is 12.2. The summed E-state index contributed by atoms with van der Waals surface area (Å²) in [6.45, 7) is 3.69. The fourth-order valence-electron chi connectivity index (χ4n) is 2.22. The van der Waals surface area contributed by atoms with Crippen molar-refractivity contribution in [1.29, 1.82) is 0 Å². The highest BCUT2D eigenvalue weighted by Gasteiger charge is 2.21. The van der Waals surface area contributed by atoms with E-state index in [4.69, 9.17) is 16.3 Å². The average Bonchev–Trinajstić information content (AvgIpc) is 2.56. The molecule has 0 saturated carbocycles. The minimum Gasteiger partial charge on any atom is -0.467 e. The molecule has 0 bridgehead atoms. The number of carbonyl (C=O) groups is 2. The van der Waals surface area contributed by atoms with E-state index in [0.29, 0.717) is 17.0 Å². The van der Waals surface area contributed by atoms with Crippen molar-refractivity contribution in [3.8, 4) is 0 Å². The number of hydrogen-bond donors (Lipinski definition) is 1. The zero-order chi connectivity index (χ0) is 17.1. The molecular weight excluding hydrogens is 314 g/mol. The van der Waals surface area contributed by atoms with E-state index < -0.39 is 12.0 Å². The van der Waals surface area contributed by atoms with Crippen LogP contribution >= 0.6 is 11.6 Å². The number of benzene rings is 1. The SMILES string of the molecule is C=CCCCCCC[C@@H](NC(=O)c1ccc(Cl)cc1)C(=O)OC. The molecule has 4 nitrogen and oxygen atoms in total. The van der Waals surface area contributed by atoms with E-state index in [2.05, 4.69) is 11.9 Å². The van der Waals surface area contributed by atoms with Gasteiger partial charge in [0.25, 0.3) is 5.91 Å². The quantitative estimate of drug-likeness (QED) is 0.396. The third kappa shape index (κ3) is 7.33. The van der Waals surface area contributed by atoms with Crippen LogP contribution in [0.25, 0.3) is 0 Å². The third-order valence-electron chi connectivity index (χ3n) is 3.55. The van der Waals surface area contributed by atoms with Crippen LogP contribution in [0.4, 0.5) is 0 Å². The van der Waals surface area contributed by atoms with Gasteiger partial charge in [-0.25, -0.2) is 4.79 Å². The Hall–Kier alpha value is -1.81. The van der Waals surface area contributed by atoms with Gasteiger partial charge in [0.1, 0.15) is 6.04 Å². The van der Waals surface area contributed by atoms with Crippen LogP contribution in [-0.2, 0) is 9.53 Å².